The largest absolute Gasteiger partial charge is 0.496 e. The molecule has 9 nitrogen and oxygen atoms in total. The Kier molecular flexibility index (Phi) is 9.11. The number of para-hydroxylation sites is 1. The lowest BCUT2D eigenvalue weighted by atomic mass is 10.0. The average molecular weight is 555 g/mol. The summed E-state index contributed by atoms with van der Waals surface area (Å²) in [6, 6.07) is 18.7. The molecule has 1 heterocycles. The van der Waals surface area contributed by atoms with Crippen LogP contribution < -0.4 is 19.7 Å². The third-order valence-electron chi connectivity index (χ3n) is 6.79. The number of hydrogen-bond acceptors (Lipinski definition) is 7. The Morgan fingerprint density at radius 2 is 1.72 bits per heavy atom. The highest BCUT2D eigenvalue weighted by atomic mass is 32.2. The molecular formula is C29H34N2O7S. The van der Waals surface area contributed by atoms with Crippen molar-refractivity contribution in [3.8, 4) is 28.4 Å². The minimum atomic E-state index is -4.03. The van der Waals surface area contributed by atoms with Gasteiger partial charge in [-0.15, -0.1) is 0 Å². The van der Waals surface area contributed by atoms with E-state index in [1.807, 2.05) is 62.4 Å². The van der Waals surface area contributed by atoms with Gasteiger partial charge in [-0.05, 0) is 61.6 Å². The molecule has 0 bridgehead atoms. The molecule has 1 saturated heterocycles. The van der Waals surface area contributed by atoms with Crippen molar-refractivity contribution in [2.75, 3.05) is 26.8 Å². The fourth-order valence-corrected chi connectivity index (χ4v) is 6.48. The molecule has 208 valence electrons. The van der Waals surface area contributed by atoms with E-state index in [-0.39, 0.29) is 35.4 Å². The molecule has 1 fully saturated rings. The molecule has 2 N–H and O–H groups in total. The van der Waals surface area contributed by atoms with Gasteiger partial charge in [-0.1, -0.05) is 43.3 Å². The normalized spacial score (nSPS) is 14.6. The SMILES string of the molecule is CCOc1ccccc1-c1ccc(OC2CCN(S(=O)(=O)c3ccc(CC)c(OC)c3C(=O)NO)CC2)cc1. The molecule has 0 aliphatic carbocycles. The molecule has 0 spiro atoms. The molecule has 1 aliphatic heterocycles. The maximum absolute atomic E-state index is 13.6. The maximum atomic E-state index is 13.6. The summed E-state index contributed by atoms with van der Waals surface area (Å²) in [4.78, 5) is 12.3. The number of sulfonamides is 1. The predicted molar refractivity (Wildman–Crippen MR) is 147 cm³/mol. The number of nitrogens with zero attached hydrogens (tertiary/aromatic N) is 1. The Labute approximate surface area is 229 Å². The number of benzene rings is 3. The van der Waals surface area contributed by atoms with Crippen molar-refractivity contribution in [2.45, 2.75) is 44.1 Å². The van der Waals surface area contributed by atoms with Crippen molar-refractivity contribution in [1.82, 2.24) is 9.79 Å². The smallest absolute Gasteiger partial charge is 0.279 e. The third-order valence-corrected chi connectivity index (χ3v) is 8.73. The Bertz CT molecular complexity index is 1400. The zero-order valence-corrected chi connectivity index (χ0v) is 23.2. The highest BCUT2D eigenvalue weighted by Gasteiger charge is 2.35. The zero-order chi connectivity index (χ0) is 28.0. The summed E-state index contributed by atoms with van der Waals surface area (Å²) in [5.74, 6) is 0.724. The van der Waals surface area contributed by atoms with Gasteiger partial charge in [-0.2, -0.15) is 4.31 Å². The minimum absolute atomic E-state index is 0.135. The fourth-order valence-electron chi connectivity index (χ4n) is 4.83. The molecule has 0 aromatic heterocycles. The summed E-state index contributed by atoms with van der Waals surface area (Å²) < 4.78 is 45.7. The van der Waals surface area contributed by atoms with Gasteiger partial charge in [-0.3, -0.25) is 10.0 Å². The van der Waals surface area contributed by atoms with Crippen LogP contribution in [0.4, 0.5) is 0 Å². The van der Waals surface area contributed by atoms with Crippen LogP contribution in [0.25, 0.3) is 11.1 Å². The summed E-state index contributed by atoms with van der Waals surface area (Å²) in [6.07, 6.45) is 1.34. The summed E-state index contributed by atoms with van der Waals surface area (Å²) in [7, 11) is -2.67. The number of ether oxygens (including phenoxy) is 3. The quantitative estimate of drug-likeness (QED) is 0.276. The van der Waals surface area contributed by atoms with Gasteiger partial charge < -0.3 is 14.2 Å². The van der Waals surface area contributed by atoms with Crippen LogP contribution >= 0.6 is 0 Å². The summed E-state index contributed by atoms with van der Waals surface area (Å²) in [6.45, 7) is 4.86. The average Bonchev–Trinajstić information content (AvgIpc) is 2.97. The number of carbonyl (C=O) groups excluding carboxylic acids is 1. The van der Waals surface area contributed by atoms with Gasteiger partial charge >= 0.3 is 0 Å². The third kappa shape index (κ3) is 6.03. The van der Waals surface area contributed by atoms with Crippen LogP contribution in [0.3, 0.4) is 0 Å². The van der Waals surface area contributed by atoms with Crippen LogP contribution in [0.2, 0.25) is 0 Å². The lowest BCUT2D eigenvalue weighted by molar-refractivity contribution is 0.0698. The number of amides is 1. The molecule has 10 heteroatoms. The summed E-state index contributed by atoms with van der Waals surface area (Å²) in [5.41, 5.74) is 4.02. The van der Waals surface area contributed by atoms with Gasteiger partial charge in [0.2, 0.25) is 10.0 Å². The van der Waals surface area contributed by atoms with E-state index in [0.717, 1.165) is 16.9 Å². The van der Waals surface area contributed by atoms with E-state index in [1.54, 1.807) is 11.5 Å². The predicted octanol–water partition coefficient (Wildman–Crippen LogP) is 4.67. The van der Waals surface area contributed by atoms with Crippen molar-refractivity contribution in [2.24, 2.45) is 0 Å². The highest BCUT2D eigenvalue weighted by molar-refractivity contribution is 7.89. The Hall–Kier alpha value is -3.60. The van der Waals surface area contributed by atoms with E-state index < -0.39 is 15.9 Å². The van der Waals surface area contributed by atoms with Gasteiger partial charge in [0.05, 0.1) is 18.6 Å². The Balaban J connectivity index is 1.46. The number of aryl methyl sites for hydroxylation is 1. The van der Waals surface area contributed by atoms with Crippen LogP contribution in [0.1, 0.15) is 42.6 Å². The summed E-state index contributed by atoms with van der Waals surface area (Å²) in [5, 5.41) is 9.28. The molecule has 39 heavy (non-hydrogen) atoms. The van der Waals surface area contributed by atoms with Crippen LogP contribution in [0, 0.1) is 0 Å². The molecular weight excluding hydrogens is 520 g/mol. The molecule has 0 atom stereocenters. The van der Waals surface area contributed by atoms with Crippen molar-refractivity contribution >= 4 is 15.9 Å². The van der Waals surface area contributed by atoms with E-state index in [2.05, 4.69) is 0 Å². The van der Waals surface area contributed by atoms with Gasteiger partial charge in [0.15, 0.2) is 0 Å². The van der Waals surface area contributed by atoms with Crippen LogP contribution in [-0.4, -0.2) is 56.7 Å². The van der Waals surface area contributed by atoms with Crippen molar-refractivity contribution in [1.29, 1.82) is 0 Å². The van der Waals surface area contributed by atoms with Crippen LogP contribution in [0.5, 0.6) is 17.2 Å². The molecule has 1 amide bonds. The molecule has 0 unspecified atom stereocenters. The van der Waals surface area contributed by atoms with E-state index in [1.165, 1.54) is 17.5 Å². The maximum Gasteiger partial charge on any atom is 0.279 e. The number of carbonyl (C=O) groups is 1. The number of hydrogen-bond donors (Lipinski definition) is 2. The second-order valence-corrected chi connectivity index (χ2v) is 11.0. The van der Waals surface area contributed by atoms with Crippen molar-refractivity contribution in [3.05, 3.63) is 71.8 Å². The van der Waals surface area contributed by atoms with Crippen LogP contribution in [-0.2, 0) is 16.4 Å². The van der Waals surface area contributed by atoms with E-state index in [4.69, 9.17) is 14.2 Å². The molecule has 4 rings (SSSR count). The number of piperidine rings is 1. The van der Waals surface area contributed by atoms with Gasteiger partial charge in [0, 0.05) is 18.7 Å². The first-order chi connectivity index (χ1) is 18.8. The lowest BCUT2D eigenvalue weighted by Crippen LogP contribution is -2.42. The van der Waals surface area contributed by atoms with Gasteiger partial charge in [0.25, 0.3) is 5.91 Å². The van der Waals surface area contributed by atoms with E-state index in [9.17, 15) is 18.4 Å². The topological polar surface area (TPSA) is 114 Å². The molecule has 0 radical (unpaired) electrons. The minimum Gasteiger partial charge on any atom is -0.496 e. The fraction of sp³-hybridized carbons (Fsp3) is 0.345. The Morgan fingerprint density at radius 1 is 1.03 bits per heavy atom. The number of rotatable bonds is 10. The van der Waals surface area contributed by atoms with Gasteiger partial charge in [-0.25, -0.2) is 13.9 Å². The molecule has 0 saturated carbocycles. The standard InChI is InChI=1S/C29H34N2O7S/c1-4-20-12-15-26(27(28(20)36-3)29(32)30-33)39(34,35)31-18-16-23(17-19-31)38-22-13-10-21(11-14-22)24-8-6-7-9-25(24)37-5-2/h6-15,23,33H,4-5,16-19H2,1-3H3,(H,30,32). The second kappa shape index (κ2) is 12.5. The highest BCUT2D eigenvalue weighted by Crippen LogP contribution is 2.34. The first kappa shape index (κ1) is 28.4. The molecule has 3 aromatic carbocycles. The van der Waals surface area contributed by atoms with E-state index >= 15 is 0 Å². The molecule has 1 aliphatic rings. The van der Waals surface area contributed by atoms with Crippen molar-refractivity contribution < 1.29 is 32.6 Å². The van der Waals surface area contributed by atoms with Crippen LogP contribution in [0.15, 0.2) is 65.6 Å². The Morgan fingerprint density at radius 3 is 2.33 bits per heavy atom. The lowest BCUT2D eigenvalue weighted by Gasteiger charge is -2.32. The van der Waals surface area contributed by atoms with E-state index in [0.29, 0.717) is 37.2 Å². The molecule has 3 aromatic rings. The first-order valence-corrected chi connectivity index (χ1v) is 14.4. The first-order valence-electron chi connectivity index (χ1n) is 13.0. The number of hydroxylamine groups is 1. The van der Waals surface area contributed by atoms with Gasteiger partial charge in [0.1, 0.15) is 28.9 Å². The zero-order valence-electron chi connectivity index (χ0n) is 22.3. The number of methoxy groups -OCH3 is 1. The summed E-state index contributed by atoms with van der Waals surface area (Å²) >= 11 is 0. The number of nitrogens with one attached hydrogen (secondary N) is 1. The monoisotopic (exact) mass is 554 g/mol. The second-order valence-electron chi connectivity index (χ2n) is 9.10. The van der Waals surface area contributed by atoms with Crippen molar-refractivity contribution in [3.63, 3.8) is 0 Å².